The van der Waals surface area contributed by atoms with E-state index in [1.165, 1.54) is 36.4 Å². The minimum absolute atomic E-state index is 0.0797. The first-order valence-corrected chi connectivity index (χ1v) is 10.4. The number of nitrogens with zero attached hydrogens (tertiary/aromatic N) is 2. The van der Waals surface area contributed by atoms with Crippen LogP contribution >= 0.6 is 12.2 Å². The van der Waals surface area contributed by atoms with E-state index in [0.29, 0.717) is 23.6 Å². The number of rotatable bonds is 7. The highest BCUT2D eigenvalue weighted by Crippen LogP contribution is 2.17. The van der Waals surface area contributed by atoms with Gasteiger partial charge in [0.2, 0.25) is 0 Å². The Bertz CT molecular complexity index is 1190. The fourth-order valence-corrected chi connectivity index (χ4v) is 3.78. The minimum atomic E-state index is -3.93. The van der Waals surface area contributed by atoms with Gasteiger partial charge in [-0.05, 0) is 54.7 Å². The molecule has 0 saturated heterocycles. The van der Waals surface area contributed by atoms with Crippen LogP contribution in [0.4, 0.5) is 10.1 Å². The number of aromatic amines is 1. The third kappa shape index (κ3) is 5.06. The molecule has 11 heteroatoms. The zero-order valence-corrected chi connectivity index (χ0v) is 17.0. The first-order chi connectivity index (χ1) is 13.8. The molecular weight excluding hydrogens is 417 g/mol. The van der Waals surface area contributed by atoms with Crippen LogP contribution in [0, 0.1) is 10.6 Å². The van der Waals surface area contributed by atoms with Gasteiger partial charge in [0, 0.05) is 31.3 Å². The Labute approximate surface area is 171 Å². The number of hydrogen-bond acceptors (Lipinski definition) is 5. The number of halogens is 1. The van der Waals surface area contributed by atoms with Crippen molar-refractivity contribution in [2.75, 3.05) is 11.3 Å². The lowest BCUT2D eigenvalue weighted by atomic mass is 10.2. The first-order valence-electron chi connectivity index (χ1n) is 8.53. The van der Waals surface area contributed by atoms with Crippen molar-refractivity contribution in [3.05, 3.63) is 70.5 Å². The van der Waals surface area contributed by atoms with E-state index in [4.69, 9.17) is 12.2 Å². The lowest BCUT2D eigenvalue weighted by Crippen LogP contribution is -2.26. The summed E-state index contributed by atoms with van der Waals surface area (Å²) < 4.78 is 42.6. The average molecular weight is 436 g/mol. The zero-order valence-electron chi connectivity index (χ0n) is 15.3. The molecule has 0 aliphatic heterocycles. The second kappa shape index (κ2) is 8.53. The van der Waals surface area contributed by atoms with E-state index in [1.54, 1.807) is 11.6 Å². The normalized spacial score (nSPS) is 11.2. The van der Waals surface area contributed by atoms with Crippen LogP contribution in [-0.4, -0.2) is 35.6 Å². The molecule has 0 atom stereocenters. The summed E-state index contributed by atoms with van der Waals surface area (Å²) in [6, 6.07) is 10.6. The molecule has 0 aliphatic carbocycles. The summed E-state index contributed by atoms with van der Waals surface area (Å²) in [6.45, 7) is 0.303. The highest BCUT2D eigenvalue weighted by Gasteiger charge is 2.16. The molecule has 8 nitrogen and oxygen atoms in total. The van der Waals surface area contributed by atoms with Crippen LogP contribution in [-0.2, 0) is 23.5 Å². The van der Waals surface area contributed by atoms with Crippen LogP contribution in [0.5, 0.6) is 0 Å². The summed E-state index contributed by atoms with van der Waals surface area (Å²) in [6.07, 6.45) is 0.458. The maximum Gasteiger partial charge on any atom is 0.261 e. The predicted octanol–water partition coefficient (Wildman–Crippen LogP) is 2.39. The Kier molecular flexibility index (Phi) is 6.09. The van der Waals surface area contributed by atoms with Crippen molar-refractivity contribution in [2.45, 2.75) is 11.3 Å². The van der Waals surface area contributed by atoms with Gasteiger partial charge in [0.05, 0.1) is 4.90 Å². The van der Waals surface area contributed by atoms with Gasteiger partial charge in [-0.3, -0.25) is 14.6 Å². The third-order valence-corrected chi connectivity index (χ3v) is 5.85. The second-order valence-electron chi connectivity index (χ2n) is 6.15. The van der Waals surface area contributed by atoms with Crippen LogP contribution in [0.3, 0.4) is 0 Å². The Morgan fingerprint density at radius 1 is 1.24 bits per heavy atom. The van der Waals surface area contributed by atoms with Gasteiger partial charge < -0.3 is 9.88 Å². The molecule has 29 heavy (non-hydrogen) atoms. The van der Waals surface area contributed by atoms with E-state index >= 15 is 0 Å². The molecule has 0 aliphatic rings. The molecule has 3 N–H and O–H groups in total. The number of carbonyl (C=O) groups is 1. The Morgan fingerprint density at radius 3 is 2.62 bits per heavy atom. The smallest absolute Gasteiger partial charge is 0.261 e. The van der Waals surface area contributed by atoms with Gasteiger partial charge in [-0.15, -0.1) is 0 Å². The number of nitrogens with one attached hydrogen (secondary N) is 3. The van der Waals surface area contributed by atoms with Gasteiger partial charge in [-0.1, -0.05) is 6.07 Å². The van der Waals surface area contributed by atoms with E-state index in [2.05, 4.69) is 20.2 Å². The van der Waals surface area contributed by atoms with Crippen LogP contribution in [0.25, 0.3) is 0 Å². The highest BCUT2D eigenvalue weighted by atomic mass is 32.2. The standard InChI is InChI=1S/C18H18FN5O3S2/c1-24-16(21-22-18(24)28)9-10-20-17(25)12-3-2-4-15(11-12)29(26,27)23-14-7-5-13(19)6-8-14/h2-8,11,23H,9-10H2,1H3,(H,20,25)(H,22,28). The molecule has 3 aromatic rings. The zero-order chi connectivity index (χ0) is 21.0. The Morgan fingerprint density at radius 2 is 1.97 bits per heavy atom. The van der Waals surface area contributed by atoms with Crippen molar-refractivity contribution >= 4 is 33.8 Å². The van der Waals surface area contributed by atoms with Gasteiger partial charge in [-0.2, -0.15) is 5.10 Å². The second-order valence-corrected chi connectivity index (χ2v) is 8.22. The van der Waals surface area contributed by atoms with E-state index in [0.717, 1.165) is 12.1 Å². The molecule has 1 heterocycles. The Hall–Kier alpha value is -3.05. The molecule has 0 fully saturated rings. The first kappa shape index (κ1) is 20.7. The summed E-state index contributed by atoms with van der Waals surface area (Å²) in [5.74, 6) is -0.199. The molecule has 0 radical (unpaired) electrons. The molecule has 1 aromatic heterocycles. The highest BCUT2D eigenvalue weighted by molar-refractivity contribution is 7.92. The van der Waals surface area contributed by atoms with Crippen LogP contribution in [0.1, 0.15) is 16.2 Å². The van der Waals surface area contributed by atoms with Crippen molar-refractivity contribution < 1.29 is 17.6 Å². The molecule has 0 saturated carbocycles. The topological polar surface area (TPSA) is 109 Å². The molecule has 0 unspecified atom stereocenters. The molecule has 1 amide bonds. The molecular formula is C18H18FN5O3S2. The van der Waals surface area contributed by atoms with Crippen molar-refractivity contribution in [2.24, 2.45) is 7.05 Å². The number of benzene rings is 2. The maximum atomic E-state index is 13.0. The fourth-order valence-electron chi connectivity index (χ4n) is 2.53. The van der Waals surface area contributed by atoms with Crippen molar-refractivity contribution in [1.29, 1.82) is 0 Å². The lowest BCUT2D eigenvalue weighted by molar-refractivity contribution is 0.0953. The van der Waals surface area contributed by atoms with E-state index in [-0.39, 0.29) is 16.1 Å². The summed E-state index contributed by atoms with van der Waals surface area (Å²) in [4.78, 5) is 12.3. The van der Waals surface area contributed by atoms with Gasteiger partial charge in [-0.25, -0.2) is 12.8 Å². The van der Waals surface area contributed by atoms with Crippen molar-refractivity contribution in [3.8, 4) is 0 Å². The monoisotopic (exact) mass is 435 g/mol. The molecule has 2 aromatic carbocycles. The third-order valence-electron chi connectivity index (χ3n) is 4.11. The molecule has 152 valence electrons. The van der Waals surface area contributed by atoms with E-state index in [9.17, 15) is 17.6 Å². The van der Waals surface area contributed by atoms with E-state index < -0.39 is 21.7 Å². The van der Waals surface area contributed by atoms with Crippen molar-refractivity contribution in [3.63, 3.8) is 0 Å². The quantitative estimate of drug-likeness (QED) is 0.494. The number of H-pyrrole nitrogens is 1. The average Bonchev–Trinajstić information content (AvgIpc) is 3.02. The largest absolute Gasteiger partial charge is 0.352 e. The summed E-state index contributed by atoms with van der Waals surface area (Å²) in [7, 11) is -2.16. The fraction of sp³-hybridized carbons (Fsp3) is 0.167. The Balaban J connectivity index is 1.67. The van der Waals surface area contributed by atoms with Crippen LogP contribution in [0.15, 0.2) is 53.4 Å². The van der Waals surface area contributed by atoms with Gasteiger partial charge in [0.25, 0.3) is 15.9 Å². The SMILES string of the molecule is Cn1c(CCNC(=O)c2cccc(S(=O)(=O)Nc3ccc(F)cc3)c2)n[nH]c1=S. The van der Waals surface area contributed by atoms with E-state index in [1.807, 2.05) is 0 Å². The molecule has 0 bridgehead atoms. The predicted molar refractivity (Wildman–Crippen MR) is 108 cm³/mol. The summed E-state index contributed by atoms with van der Waals surface area (Å²) >= 11 is 5.03. The van der Waals surface area contributed by atoms with Gasteiger partial charge >= 0.3 is 0 Å². The summed E-state index contributed by atoms with van der Waals surface area (Å²) in [5, 5.41) is 9.44. The van der Waals surface area contributed by atoms with Crippen molar-refractivity contribution in [1.82, 2.24) is 20.1 Å². The maximum absolute atomic E-state index is 13.0. The number of aromatic nitrogens is 3. The van der Waals surface area contributed by atoms with Crippen LogP contribution in [0.2, 0.25) is 0 Å². The number of anilines is 1. The van der Waals surface area contributed by atoms with Gasteiger partial charge in [0.1, 0.15) is 11.6 Å². The van der Waals surface area contributed by atoms with Crippen LogP contribution < -0.4 is 10.0 Å². The summed E-state index contributed by atoms with van der Waals surface area (Å²) in [5.41, 5.74) is 0.413. The van der Waals surface area contributed by atoms with Gasteiger partial charge in [0.15, 0.2) is 4.77 Å². The number of sulfonamides is 1. The number of hydrogen-bond donors (Lipinski definition) is 3. The lowest BCUT2D eigenvalue weighted by Gasteiger charge is -2.10. The molecule has 0 spiro atoms. The molecule has 3 rings (SSSR count). The number of amides is 1. The minimum Gasteiger partial charge on any atom is -0.352 e. The number of carbonyl (C=O) groups excluding carboxylic acids is 1.